The lowest BCUT2D eigenvalue weighted by Gasteiger charge is -2.65. The highest BCUT2D eigenvalue weighted by atomic mass is 127. The molecule has 0 amide bonds. The summed E-state index contributed by atoms with van der Waals surface area (Å²) in [6.07, 6.45) is 2.77. The van der Waals surface area contributed by atoms with Gasteiger partial charge in [0.1, 0.15) is 0 Å². The quantitative estimate of drug-likeness (QED) is 0.395. The summed E-state index contributed by atoms with van der Waals surface area (Å²) in [5, 5.41) is 0. The molecule has 3 fully saturated rings. The van der Waals surface area contributed by atoms with Gasteiger partial charge in [-0.1, -0.05) is 43.4 Å². The second-order valence-corrected chi connectivity index (χ2v) is 12.4. The van der Waals surface area contributed by atoms with Crippen LogP contribution in [0.4, 0.5) is 0 Å². The molecule has 0 radical (unpaired) electrons. The van der Waals surface area contributed by atoms with Crippen LogP contribution in [0, 0.1) is 10.8 Å². The van der Waals surface area contributed by atoms with E-state index in [1.165, 1.54) is 58.7 Å². The molecule has 0 unspecified atom stereocenters. The van der Waals surface area contributed by atoms with Crippen molar-refractivity contribution in [3.05, 3.63) is 0 Å². The van der Waals surface area contributed by atoms with Crippen molar-refractivity contribution >= 4 is 22.6 Å². The first kappa shape index (κ1) is 17.4. The summed E-state index contributed by atoms with van der Waals surface area (Å²) in [4.78, 5) is 8.10. The summed E-state index contributed by atoms with van der Waals surface area (Å²) < 4.78 is 0.335. The van der Waals surface area contributed by atoms with Gasteiger partial charge in [0.05, 0.1) is 3.55 Å². The Kier molecular flexibility index (Phi) is 4.64. The van der Waals surface area contributed by atoms with E-state index in [9.17, 15) is 0 Å². The van der Waals surface area contributed by atoms with Crippen LogP contribution in [0.2, 0.25) is 0 Å². The van der Waals surface area contributed by atoms with Gasteiger partial charge < -0.3 is 4.90 Å². The third-order valence-electron chi connectivity index (χ3n) is 5.65. The summed E-state index contributed by atoms with van der Waals surface area (Å²) in [7, 11) is 0. The Labute approximate surface area is 150 Å². The zero-order valence-corrected chi connectivity index (χ0v) is 17.3. The van der Waals surface area contributed by atoms with Crippen molar-refractivity contribution in [2.45, 2.75) is 57.0 Å². The lowest BCUT2D eigenvalue weighted by Crippen LogP contribution is -2.75. The maximum Gasteiger partial charge on any atom is 0.0673 e. The number of halogens is 1. The lowest BCUT2D eigenvalue weighted by atomic mass is 9.71. The second kappa shape index (κ2) is 5.85. The van der Waals surface area contributed by atoms with Gasteiger partial charge in [0.15, 0.2) is 0 Å². The van der Waals surface area contributed by atoms with Gasteiger partial charge in [-0.15, -0.1) is 0 Å². The average Bonchev–Trinajstić information content (AvgIpc) is 2.23. The molecule has 0 aliphatic carbocycles. The number of rotatable bonds is 3. The number of piperidine rings is 1. The van der Waals surface area contributed by atoms with Gasteiger partial charge in [-0.3, -0.25) is 9.80 Å². The fourth-order valence-electron chi connectivity index (χ4n) is 4.53. The minimum absolute atomic E-state index is 0.335. The first-order valence-corrected chi connectivity index (χ1v) is 10.0. The lowest BCUT2D eigenvalue weighted by molar-refractivity contribution is -0.147. The zero-order valence-electron chi connectivity index (χ0n) is 15.2. The molecule has 3 aliphatic heterocycles. The smallest absolute Gasteiger partial charge is 0.0673 e. The standard InChI is InChI=1S/C18H34IN3/c1-16(2,3)10-20-8-6-15(7-9-20)21-11-18(12-21)13-22(14-18)17(4,5)19/h15H,6-14H2,1-5H3. The first-order valence-electron chi connectivity index (χ1n) is 8.97. The molecule has 0 N–H and O–H groups in total. The van der Waals surface area contributed by atoms with E-state index in [2.05, 4.69) is 71.9 Å². The second-order valence-electron chi connectivity index (χ2n) is 9.74. The third-order valence-corrected chi connectivity index (χ3v) is 6.34. The van der Waals surface area contributed by atoms with Gasteiger partial charge in [0, 0.05) is 44.2 Å². The van der Waals surface area contributed by atoms with Gasteiger partial charge in [-0.05, 0) is 45.2 Å². The number of hydrogen-bond donors (Lipinski definition) is 0. The van der Waals surface area contributed by atoms with E-state index in [1.807, 2.05) is 0 Å². The van der Waals surface area contributed by atoms with Crippen LogP contribution in [0.3, 0.4) is 0 Å². The molecule has 0 atom stereocenters. The summed E-state index contributed by atoms with van der Waals surface area (Å²) in [6, 6.07) is 0.864. The molecule has 3 saturated heterocycles. The van der Waals surface area contributed by atoms with Crippen molar-refractivity contribution in [1.29, 1.82) is 0 Å². The molecule has 0 aromatic rings. The van der Waals surface area contributed by atoms with E-state index in [1.54, 1.807) is 0 Å². The van der Waals surface area contributed by atoms with E-state index in [-0.39, 0.29) is 0 Å². The maximum atomic E-state index is 2.78. The molecular formula is C18H34IN3. The predicted octanol–water partition coefficient (Wildman–Crippen LogP) is 3.29. The van der Waals surface area contributed by atoms with Crippen LogP contribution >= 0.6 is 22.6 Å². The molecule has 0 aromatic heterocycles. The van der Waals surface area contributed by atoms with E-state index in [4.69, 9.17) is 0 Å². The molecule has 4 heteroatoms. The molecule has 22 heavy (non-hydrogen) atoms. The average molecular weight is 419 g/mol. The van der Waals surface area contributed by atoms with Crippen molar-refractivity contribution < 1.29 is 0 Å². The Balaban J connectivity index is 1.39. The predicted molar refractivity (Wildman–Crippen MR) is 103 cm³/mol. The van der Waals surface area contributed by atoms with Crippen molar-refractivity contribution in [2.75, 3.05) is 45.8 Å². The molecule has 1 spiro atoms. The highest BCUT2D eigenvalue weighted by molar-refractivity contribution is 14.1. The topological polar surface area (TPSA) is 9.72 Å². The monoisotopic (exact) mass is 419 g/mol. The Morgan fingerprint density at radius 3 is 1.95 bits per heavy atom. The summed E-state index contributed by atoms with van der Waals surface area (Å²) in [6.45, 7) is 21.0. The fourth-order valence-corrected chi connectivity index (χ4v) is 4.87. The Bertz CT molecular complexity index is 388. The molecule has 3 heterocycles. The van der Waals surface area contributed by atoms with Gasteiger partial charge in [-0.25, -0.2) is 0 Å². The highest BCUT2D eigenvalue weighted by Crippen LogP contribution is 2.45. The van der Waals surface area contributed by atoms with E-state index in [0.29, 0.717) is 14.4 Å². The van der Waals surface area contributed by atoms with Gasteiger partial charge in [0.25, 0.3) is 0 Å². The van der Waals surface area contributed by atoms with Gasteiger partial charge in [-0.2, -0.15) is 0 Å². The van der Waals surface area contributed by atoms with Crippen LogP contribution in [0.15, 0.2) is 0 Å². The summed E-state index contributed by atoms with van der Waals surface area (Å²) >= 11 is 2.58. The Hall–Kier alpha value is 0.610. The van der Waals surface area contributed by atoms with Crippen LogP contribution in [0.25, 0.3) is 0 Å². The largest absolute Gasteiger partial charge is 0.303 e. The third kappa shape index (κ3) is 3.81. The molecule has 0 bridgehead atoms. The van der Waals surface area contributed by atoms with Crippen LogP contribution in [0.1, 0.15) is 47.5 Å². The fraction of sp³-hybridized carbons (Fsp3) is 1.00. The molecule has 3 nitrogen and oxygen atoms in total. The minimum atomic E-state index is 0.335. The first-order chi connectivity index (χ1) is 10.1. The van der Waals surface area contributed by atoms with Crippen molar-refractivity contribution in [2.24, 2.45) is 10.8 Å². The van der Waals surface area contributed by atoms with E-state index < -0.39 is 0 Å². The molecular weight excluding hydrogens is 385 g/mol. The molecule has 0 saturated carbocycles. The number of nitrogens with zero attached hydrogens (tertiary/aromatic N) is 3. The van der Waals surface area contributed by atoms with Crippen LogP contribution in [-0.2, 0) is 0 Å². The van der Waals surface area contributed by atoms with Crippen molar-refractivity contribution in [3.8, 4) is 0 Å². The number of alkyl halides is 1. The van der Waals surface area contributed by atoms with Crippen LogP contribution in [-0.4, -0.2) is 70.1 Å². The molecule has 128 valence electrons. The van der Waals surface area contributed by atoms with Gasteiger partial charge >= 0.3 is 0 Å². The molecule has 3 rings (SSSR count). The van der Waals surface area contributed by atoms with E-state index in [0.717, 1.165) is 6.04 Å². The normalized spacial score (nSPS) is 28.6. The van der Waals surface area contributed by atoms with Crippen molar-refractivity contribution in [3.63, 3.8) is 0 Å². The van der Waals surface area contributed by atoms with E-state index >= 15 is 0 Å². The van der Waals surface area contributed by atoms with Gasteiger partial charge in [0.2, 0.25) is 0 Å². The number of likely N-dealkylation sites (tertiary alicyclic amines) is 3. The zero-order chi connectivity index (χ0) is 16.2. The molecule has 0 aromatic carbocycles. The molecule has 3 aliphatic rings. The number of hydrogen-bond acceptors (Lipinski definition) is 3. The Morgan fingerprint density at radius 2 is 1.50 bits per heavy atom. The van der Waals surface area contributed by atoms with Crippen LogP contribution < -0.4 is 0 Å². The maximum absolute atomic E-state index is 2.78. The summed E-state index contributed by atoms with van der Waals surface area (Å²) in [5.41, 5.74) is 1.10. The van der Waals surface area contributed by atoms with Crippen LogP contribution in [0.5, 0.6) is 0 Å². The Morgan fingerprint density at radius 1 is 0.955 bits per heavy atom. The van der Waals surface area contributed by atoms with Crippen molar-refractivity contribution in [1.82, 2.24) is 14.7 Å². The minimum Gasteiger partial charge on any atom is -0.303 e. The SMILES string of the molecule is CC(C)(C)CN1CCC(N2CC3(C2)CN(C(C)(C)I)C3)CC1. The highest BCUT2D eigenvalue weighted by Gasteiger charge is 2.55. The summed E-state index contributed by atoms with van der Waals surface area (Å²) in [5.74, 6) is 0.